The lowest BCUT2D eigenvalue weighted by Gasteiger charge is -2.27. The minimum atomic E-state index is -0.420. The number of thiazole rings is 1. The molecule has 5 heteroatoms. The van der Waals surface area contributed by atoms with E-state index in [1.165, 1.54) is 5.69 Å². The van der Waals surface area contributed by atoms with E-state index in [9.17, 15) is 0 Å². The minimum Gasteiger partial charge on any atom is -0.378 e. The first-order valence-corrected chi connectivity index (χ1v) is 10.6. The molecule has 2 heterocycles. The van der Waals surface area contributed by atoms with Gasteiger partial charge in [0.25, 0.3) is 0 Å². The monoisotopic (exact) mass is 397 g/mol. The zero-order valence-corrected chi connectivity index (χ0v) is 18.9. The zero-order chi connectivity index (χ0) is 20.5. The molecule has 0 unspecified atom stereocenters. The van der Waals surface area contributed by atoms with Crippen LogP contribution in [0.25, 0.3) is 20.9 Å². The number of nitrogens with zero attached hydrogens (tertiary/aromatic N) is 3. The molecule has 0 saturated heterocycles. The van der Waals surface area contributed by atoms with Gasteiger partial charge in [0.1, 0.15) is 21.0 Å². The molecule has 2 aromatic heterocycles. The van der Waals surface area contributed by atoms with Gasteiger partial charge in [-0.05, 0) is 62.1 Å². The number of hydrogen-bond donors (Lipinski definition) is 0. The molecule has 0 aliphatic heterocycles. The highest BCUT2D eigenvalue weighted by atomic mass is 32.1. The first-order chi connectivity index (χ1) is 13.0. The molecule has 0 saturated carbocycles. The summed E-state index contributed by atoms with van der Waals surface area (Å²) in [4.78, 5) is 12.7. The van der Waals surface area contributed by atoms with Gasteiger partial charge >= 0.3 is 0 Å². The van der Waals surface area contributed by atoms with Crippen LogP contribution in [0, 0.1) is 5.41 Å². The molecule has 0 fully saturated rings. The lowest BCUT2D eigenvalue weighted by atomic mass is 9.93. The van der Waals surface area contributed by atoms with E-state index in [1.807, 2.05) is 20.2 Å². The van der Waals surface area contributed by atoms with Crippen molar-refractivity contribution in [3.05, 3.63) is 42.1 Å². The summed E-state index contributed by atoms with van der Waals surface area (Å²) in [5.74, 6) is 0. The van der Waals surface area contributed by atoms with Crippen molar-refractivity contribution in [1.82, 2.24) is 9.97 Å². The number of pyridine rings is 1. The molecular formula is C23H31N3OS. The van der Waals surface area contributed by atoms with Crippen molar-refractivity contribution >= 4 is 27.4 Å². The number of anilines is 1. The lowest BCUT2D eigenvalue weighted by molar-refractivity contribution is -0.0344. The van der Waals surface area contributed by atoms with E-state index >= 15 is 0 Å². The highest BCUT2D eigenvalue weighted by Gasteiger charge is 2.25. The third kappa shape index (κ3) is 4.89. The Balaban J connectivity index is 1.82. The number of benzene rings is 1. The van der Waals surface area contributed by atoms with Gasteiger partial charge in [0.2, 0.25) is 0 Å². The lowest BCUT2D eigenvalue weighted by Crippen LogP contribution is -2.25. The largest absolute Gasteiger partial charge is 0.378 e. The van der Waals surface area contributed by atoms with E-state index in [4.69, 9.17) is 14.7 Å². The van der Waals surface area contributed by atoms with Gasteiger partial charge in [-0.1, -0.05) is 32.1 Å². The Morgan fingerprint density at radius 1 is 0.929 bits per heavy atom. The molecular weight excluding hydrogens is 366 g/mol. The highest BCUT2D eigenvalue weighted by Crippen LogP contribution is 2.33. The third-order valence-corrected chi connectivity index (χ3v) is 5.83. The molecule has 0 radical (unpaired) electrons. The maximum absolute atomic E-state index is 6.18. The van der Waals surface area contributed by atoms with Gasteiger partial charge in [-0.25, -0.2) is 9.97 Å². The summed E-state index contributed by atoms with van der Waals surface area (Å²) in [6.07, 6.45) is 1.02. The van der Waals surface area contributed by atoms with Crippen molar-refractivity contribution in [2.45, 2.75) is 46.6 Å². The van der Waals surface area contributed by atoms with Crippen molar-refractivity contribution in [3.63, 3.8) is 0 Å². The fourth-order valence-electron chi connectivity index (χ4n) is 2.86. The molecule has 0 amide bonds. The van der Waals surface area contributed by atoms with E-state index in [2.05, 4.69) is 69.9 Å². The quantitative estimate of drug-likeness (QED) is 0.503. The average molecular weight is 398 g/mol. The predicted octanol–water partition coefficient (Wildman–Crippen LogP) is 6.11. The molecule has 28 heavy (non-hydrogen) atoms. The van der Waals surface area contributed by atoms with Gasteiger partial charge in [0.05, 0.1) is 5.69 Å². The minimum absolute atomic E-state index is 0.266. The Bertz CT molecular complexity index is 937. The number of rotatable bonds is 6. The van der Waals surface area contributed by atoms with E-state index in [-0.39, 0.29) is 5.41 Å². The van der Waals surface area contributed by atoms with Crippen LogP contribution in [0.4, 0.5) is 5.69 Å². The van der Waals surface area contributed by atoms with Gasteiger partial charge in [0.15, 0.2) is 0 Å². The van der Waals surface area contributed by atoms with Crippen LogP contribution in [0.3, 0.4) is 0 Å². The summed E-state index contributed by atoms with van der Waals surface area (Å²) in [5, 5.41) is 0.997. The van der Waals surface area contributed by atoms with Crippen molar-refractivity contribution in [1.29, 1.82) is 0 Å². The van der Waals surface area contributed by atoms with Crippen LogP contribution in [0.1, 0.15) is 46.7 Å². The van der Waals surface area contributed by atoms with Gasteiger partial charge in [-0.2, -0.15) is 0 Å². The molecule has 0 aliphatic rings. The van der Waals surface area contributed by atoms with Crippen molar-refractivity contribution < 1.29 is 4.74 Å². The van der Waals surface area contributed by atoms with Crippen molar-refractivity contribution in [2.75, 3.05) is 25.6 Å². The SMILES string of the molecule is CN(C)c1ccc(-c2nc3ccc(C(C)(C)OCCC(C)(C)C)nc3s2)cc1. The van der Waals surface area contributed by atoms with E-state index < -0.39 is 5.60 Å². The Kier molecular flexibility index (Phi) is 5.78. The maximum Gasteiger partial charge on any atom is 0.144 e. The number of hydrogen-bond acceptors (Lipinski definition) is 5. The highest BCUT2D eigenvalue weighted by molar-refractivity contribution is 7.21. The van der Waals surface area contributed by atoms with Crippen LogP contribution in [0.5, 0.6) is 0 Å². The molecule has 0 spiro atoms. The number of aromatic nitrogens is 2. The second-order valence-electron chi connectivity index (χ2n) is 9.15. The van der Waals surface area contributed by atoms with Crippen molar-refractivity contribution in [3.8, 4) is 10.6 Å². The standard InChI is InChI=1S/C23H31N3OS/c1-22(2,3)14-15-27-23(4,5)19-13-12-18-21(25-19)28-20(24-18)16-8-10-17(11-9-16)26(6)7/h8-13H,14-15H2,1-7H3. The van der Waals surface area contributed by atoms with E-state index in [1.54, 1.807) is 11.3 Å². The van der Waals surface area contributed by atoms with Crippen LogP contribution in [0.2, 0.25) is 0 Å². The fourth-order valence-corrected chi connectivity index (χ4v) is 3.81. The molecule has 4 nitrogen and oxygen atoms in total. The van der Waals surface area contributed by atoms with Crippen LogP contribution < -0.4 is 4.90 Å². The first-order valence-electron chi connectivity index (χ1n) is 9.75. The second kappa shape index (κ2) is 7.80. The number of fused-ring (bicyclic) bond motifs is 1. The maximum atomic E-state index is 6.18. The molecule has 150 valence electrons. The summed E-state index contributed by atoms with van der Waals surface area (Å²) in [5.41, 5.74) is 4.03. The summed E-state index contributed by atoms with van der Waals surface area (Å²) in [6.45, 7) is 11.6. The first kappa shape index (κ1) is 20.7. The Morgan fingerprint density at radius 2 is 1.61 bits per heavy atom. The van der Waals surface area contributed by atoms with Crippen LogP contribution in [0.15, 0.2) is 36.4 Å². The predicted molar refractivity (Wildman–Crippen MR) is 120 cm³/mol. The molecule has 0 atom stereocenters. The molecule has 0 bridgehead atoms. The Morgan fingerprint density at radius 3 is 2.21 bits per heavy atom. The van der Waals surface area contributed by atoms with Crippen molar-refractivity contribution in [2.24, 2.45) is 5.41 Å². The van der Waals surface area contributed by atoms with E-state index in [0.29, 0.717) is 0 Å². The summed E-state index contributed by atoms with van der Waals surface area (Å²) < 4.78 is 6.18. The van der Waals surface area contributed by atoms with Gasteiger partial charge in [0, 0.05) is 32.0 Å². The second-order valence-corrected chi connectivity index (χ2v) is 10.1. The average Bonchev–Trinajstić information content (AvgIpc) is 3.03. The fraction of sp³-hybridized carbons (Fsp3) is 0.478. The molecule has 3 aromatic rings. The summed E-state index contributed by atoms with van der Waals surface area (Å²) in [6, 6.07) is 12.6. The topological polar surface area (TPSA) is 38.2 Å². The number of ether oxygens (including phenoxy) is 1. The normalized spacial score (nSPS) is 12.5. The van der Waals surface area contributed by atoms with Crippen LogP contribution >= 0.6 is 11.3 Å². The van der Waals surface area contributed by atoms with Gasteiger partial charge in [-0.3, -0.25) is 0 Å². The van der Waals surface area contributed by atoms with E-state index in [0.717, 1.165) is 39.6 Å². The summed E-state index contributed by atoms with van der Waals surface area (Å²) in [7, 11) is 4.09. The van der Waals surface area contributed by atoms with Crippen LogP contribution in [-0.2, 0) is 10.3 Å². The third-order valence-electron chi connectivity index (χ3n) is 4.82. The zero-order valence-electron chi connectivity index (χ0n) is 18.0. The summed E-state index contributed by atoms with van der Waals surface area (Å²) >= 11 is 1.63. The van der Waals surface area contributed by atoms with Gasteiger partial charge in [-0.15, -0.1) is 0 Å². The van der Waals surface area contributed by atoms with Crippen LogP contribution in [-0.4, -0.2) is 30.7 Å². The Hall–Kier alpha value is -1.98. The van der Waals surface area contributed by atoms with Gasteiger partial charge < -0.3 is 9.64 Å². The Labute approximate surface area is 172 Å². The molecule has 0 N–H and O–H groups in total. The molecule has 1 aromatic carbocycles. The molecule has 0 aliphatic carbocycles. The smallest absolute Gasteiger partial charge is 0.144 e. The molecule has 3 rings (SSSR count).